The first-order chi connectivity index (χ1) is 9.58. The van der Waals surface area contributed by atoms with Gasteiger partial charge < -0.3 is 5.32 Å². The van der Waals surface area contributed by atoms with Gasteiger partial charge >= 0.3 is 0 Å². The predicted molar refractivity (Wildman–Crippen MR) is 73.0 cm³/mol. The molecule has 3 rings (SSSR count). The first-order valence-corrected chi connectivity index (χ1v) is 6.84. The van der Waals surface area contributed by atoms with Gasteiger partial charge in [-0.15, -0.1) is 0 Å². The van der Waals surface area contributed by atoms with E-state index < -0.39 is 11.6 Å². The van der Waals surface area contributed by atoms with Crippen molar-refractivity contribution < 1.29 is 8.78 Å². The van der Waals surface area contributed by atoms with Gasteiger partial charge in [0.25, 0.3) is 0 Å². The Labute approximate surface area is 116 Å². The van der Waals surface area contributed by atoms with Gasteiger partial charge in [0.15, 0.2) is 5.82 Å². The van der Waals surface area contributed by atoms with Crippen LogP contribution in [0.25, 0.3) is 5.69 Å². The van der Waals surface area contributed by atoms with Gasteiger partial charge in [-0.25, -0.2) is 13.5 Å². The van der Waals surface area contributed by atoms with Crippen molar-refractivity contribution >= 4 is 0 Å². The van der Waals surface area contributed by atoms with Crippen LogP contribution >= 0.6 is 0 Å². The molecule has 0 fully saturated rings. The summed E-state index contributed by atoms with van der Waals surface area (Å²) < 4.78 is 28.7. The Balaban J connectivity index is 2.18. The van der Waals surface area contributed by atoms with Gasteiger partial charge in [0.2, 0.25) is 0 Å². The van der Waals surface area contributed by atoms with E-state index in [1.54, 1.807) is 4.68 Å². The van der Waals surface area contributed by atoms with E-state index in [2.05, 4.69) is 24.3 Å². The number of nitrogens with one attached hydrogen (secondary N) is 1. The van der Waals surface area contributed by atoms with E-state index in [0.717, 1.165) is 42.5 Å². The van der Waals surface area contributed by atoms with Crippen molar-refractivity contribution in [2.75, 3.05) is 6.54 Å². The minimum absolute atomic E-state index is 0.272. The molecule has 1 aliphatic rings. The Bertz CT molecular complexity index is 647. The topological polar surface area (TPSA) is 29.9 Å². The summed E-state index contributed by atoms with van der Waals surface area (Å²) in [7, 11) is 0. The van der Waals surface area contributed by atoms with Crippen LogP contribution in [-0.4, -0.2) is 16.3 Å². The standard InChI is InChI=1S/C15H17F2N3/c1-9(2)15-11-8-18-6-5-13(11)20(19-15)14-4-3-10(16)7-12(14)17/h3-4,7,9,18H,5-6,8H2,1-2H3. The van der Waals surface area contributed by atoms with E-state index in [9.17, 15) is 8.78 Å². The molecule has 0 radical (unpaired) electrons. The SMILES string of the molecule is CC(C)c1nn(-c2ccc(F)cc2F)c2c1CNCC2. The third-order valence-electron chi connectivity index (χ3n) is 3.65. The largest absolute Gasteiger partial charge is 0.312 e. The smallest absolute Gasteiger partial charge is 0.151 e. The zero-order chi connectivity index (χ0) is 14.3. The van der Waals surface area contributed by atoms with Gasteiger partial charge in [-0.3, -0.25) is 0 Å². The number of hydrogen-bond acceptors (Lipinski definition) is 2. The zero-order valence-corrected chi connectivity index (χ0v) is 11.6. The number of rotatable bonds is 2. The number of fused-ring (bicyclic) bond motifs is 1. The molecular formula is C15H17F2N3. The quantitative estimate of drug-likeness (QED) is 0.914. The summed E-state index contributed by atoms with van der Waals surface area (Å²) in [4.78, 5) is 0. The summed E-state index contributed by atoms with van der Waals surface area (Å²) >= 11 is 0. The van der Waals surface area contributed by atoms with E-state index in [1.807, 2.05) is 0 Å². The Hall–Kier alpha value is -1.75. The van der Waals surface area contributed by atoms with Gasteiger partial charge in [0.1, 0.15) is 11.5 Å². The summed E-state index contributed by atoms with van der Waals surface area (Å²) in [6.45, 7) is 5.75. The summed E-state index contributed by atoms with van der Waals surface area (Å²) in [5, 5.41) is 7.88. The van der Waals surface area contributed by atoms with Crippen molar-refractivity contribution in [3.63, 3.8) is 0 Å². The maximum Gasteiger partial charge on any atom is 0.151 e. The monoisotopic (exact) mass is 277 g/mol. The van der Waals surface area contributed by atoms with Crippen LogP contribution in [0.3, 0.4) is 0 Å². The lowest BCUT2D eigenvalue weighted by molar-refractivity contribution is 0.566. The minimum atomic E-state index is -0.580. The molecule has 0 aliphatic carbocycles. The molecule has 0 saturated heterocycles. The van der Waals surface area contributed by atoms with Crippen molar-refractivity contribution in [3.8, 4) is 5.69 Å². The maximum atomic E-state index is 14.0. The maximum absolute atomic E-state index is 14.0. The normalized spacial score (nSPS) is 14.7. The fraction of sp³-hybridized carbons (Fsp3) is 0.400. The average molecular weight is 277 g/mol. The number of halogens is 2. The lowest BCUT2D eigenvalue weighted by Crippen LogP contribution is -2.25. The van der Waals surface area contributed by atoms with Crippen molar-refractivity contribution in [1.82, 2.24) is 15.1 Å². The predicted octanol–water partition coefficient (Wildman–Crippen LogP) is 2.92. The third kappa shape index (κ3) is 2.12. The second-order valence-corrected chi connectivity index (χ2v) is 5.40. The fourth-order valence-electron chi connectivity index (χ4n) is 2.69. The van der Waals surface area contributed by atoms with E-state index in [1.165, 1.54) is 12.1 Å². The van der Waals surface area contributed by atoms with E-state index in [4.69, 9.17) is 0 Å². The van der Waals surface area contributed by atoms with Crippen molar-refractivity contribution in [2.24, 2.45) is 0 Å². The molecule has 0 saturated carbocycles. The highest BCUT2D eigenvalue weighted by atomic mass is 19.1. The van der Waals surface area contributed by atoms with Crippen LogP contribution in [0.2, 0.25) is 0 Å². The highest BCUT2D eigenvalue weighted by Crippen LogP contribution is 2.27. The Morgan fingerprint density at radius 3 is 2.80 bits per heavy atom. The van der Waals surface area contributed by atoms with Gasteiger partial charge in [-0.2, -0.15) is 5.10 Å². The number of nitrogens with zero attached hydrogens (tertiary/aromatic N) is 2. The van der Waals surface area contributed by atoms with E-state index >= 15 is 0 Å². The Kier molecular flexibility index (Phi) is 3.30. The van der Waals surface area contributed by atoms with Crippen LogP contribution in [-0.2, 0) is 13.0 Å². The lowest BCUT2D eigenvalue weighted by atomic mass is 10.0. The van der Waals surface area contributed by atoms with Crippen LogP contribution < -0.4 is 5.32 Å². The molecule has 1 N–H and O–H groups in total. The fourth-order valence-corrected chi connectivity index (χ4v) is 2.69. The van der Waals surface area contributed by atoms with Crippen LogP contribution in [0.5, 0.6) is 0 Å². The first-order valence-electron chi connectivity index (χ1n) is 6.84. The zero-order valence-electron chi connectivity index (χ0n) is 11.6. The summed E-state index contributed by atoms with van der Waals surface area (Å²) in [6, 6.07) is 3.62. The second-order valence-electron chi connectivity index (χ2n) is 5.40. The summed E-state index contributed by atoms with van der Waals surface area (Å²) in [5.74, 6) is -0.879. The van der Waals surface area contributed by atoms with Crippen LogP contribution in [0.15, 0.2) is 18.2 Å². The number of hydrogen-bond donors (Lipinski definition) is 1. The second kappa shape index (κ2) is 4.98. The molecule has 1 aliphatic heterocycles. The molecule has 1 aromatic carbocycles. The summed E-state index contributed by atoms with van der Waals surface area (Å²) in [5.41, 5.74) is 3.47. The first kappa shape index (κ1) is 13.2. The molecule has 1 aromatic heterocycles. The molecule has 0 atom stereocenters. The molecule has 2 aromatic rings. The van der Waals surface area contributed by atoms with Gasteiger partial charge in [0, 0.05) is 31.1 Å². The van der Waals surface area contributed by atoms with E-state index in [0.29, 0.717) is 5.69 Å². The minimum Gasteiger partial charge on any atom is -0.312 e. The number of aromatic nitrogens is 2. The molecule has 0 spiro atoms. The average Bonchev–Trinajstić information content (AvgIpc) is 2.78. The molecule has 0 bridgehead atoms. The van der Waals surface area contributed by atoms with Crippen molar-refractivity contribution in [1.29, 1.82) is 0 Å². The molecule has 2 heterocycles. The van der Waals surface area contributed by atoms with Crippen LogP contribution in [0, 0.1) is 11.6 Å². The highest BCUT2D eigenvalue weighted by Gasteiger charge is 2.24. The lowest BCUT2D eigenvalue weighted by Gasteiger charge is -2.16. The molecular weight excluding hydrogens is 260 g/mol. The van der Waals surface area contributed by atoms with Crippen molar-refractivity contribution in [3.05, 3.63) is 46.8 Å². The molecule has 106 valence electrons. The van der Waals surface area contributed by atoms with Gasteiger partial charge in [-0.1, -0.05) is 13.8 Å². The van der Waals surface area contributed by atoms with Crippen LogP contribution in [0.4, 0.5) is 8.78 Å². The Morgan fingerprint density at radius 2 is 2.10 bits per heavy atom. The Morgan fingerprint density at radius 1 is 1.30 bits per heavy atom. The number of benzene rings is 1. The van der Waals surface area contributed by atoms with Crippen molar-refractivity contribution in [2.45, 2.75) is 32.7 Å². The summed E-state index contributed by atoms with van der Waals surface area (Å²) in [6.07, 6.45) is 0.797. The highest BCUT2D eigenvalue weighted by molar-refractivity contribution is 5.40. The van der Waals surface area contributed by atoms with Crippen LogP contribution in [0.1, 0.15) is 36.7 Å². The molecule has 20 heavy (non-hydrogen) atoms. The molecule has 5 heteroatoms. The molecule has 0 unspecified atom stereocenters. The third-order valence-corrected chi connectivity index (χ3v) is 3.65. The molecule has 3 nitrogen and oxygen atoms in total. The van der Waals surface area contributed by atoms with E-state index in [-0.39, 0.29) is 5.92 Å². The van der Waals surface area contributed by atoms with Gasteiger partial charge in [-0.05, 0) is 18.1 Å². The van der Waals surface area contributed by atoms with Gasteiger partial charge in [0.05, 0.1) is 11.4 Å². The molecule has 0 amide bonds.